The molecule has 5 nitrogen and oxygen atoms in total. The van der Waals surface area contributed by atoms with Crippen molar-refractivity contribution in [3.05, 3.63) is 101 Å². The van der Waals surface area contributed by atoms with Crippen molar-refractivity contribution in [3.63, 3.8) is 0 Å². The van der Waals surface area contributed by atoms with Gasteiger partial charge in [0.1, 0.15) is 17.6 Å². The molecule has 0 radical (unpaired) electrons. The molecule has 0 saturated heterocycles. The summed E-state index contributed by atoms with van der Waals surface area (Å²) in [7, 11) is 0. The summed E-state index contributed by atoms with van der Waals surface area (Å²) in [6, 6.07) is 22.2. The minimum Gasteiger partial charge on any atom is -0.484 e. The van der Waals surface area contributed by atoms with Gasteiger partial charge in [-0.15, -0.1) is 0 Å². The molecule has 3 aromatic rings. The quantitative estimate of drug-likeness (QED) is 0.469. The molecule has 0 saturated carbocycles. The van der Waals surface area contributed by atoms with Crippen LogP contribution in [0.5, 0.6) is 5.75 Å². The van der Waals surface area contributed by atoms with Crippen LogP contribution in [0.2, 0.25) is 0 Å². The van der Waals surface area contributed by atoms with Crippen LogP contribution in [0.4, 0.5) is 4.39 Å². The largest absolute Gasteiger partial charge is 0.484 e. The summed E-state index contributed by atoms with van der Waals surface area (Å²) in [5.74, 6) is -0.336. The van der Waals surface area contributed by atoms with E-state index in [2.05, 4.69) is 5.32 Å². The molecule has 0 fully saturated rings. The van der Waals surface area contributed by atoms with Crippen molar-refractivity contribution >= 4 is 11.8 Å². The molecule has 1 N–H and O–H groups in total. The zero-order valence-corrected chi connectivity index (χ0v) is 20.8. The second kappa shape index (κ2) is 11.6. The number of nitrogens with one attached hydrogen (secondary N) is 1. The second-order valence-electron chi connectivity index (χ2n) is 9.65. The SMILES string of the molecule is Cc1ccccc1OCC(=O)N(Cc1ccc(F)cc1)[C@H](Cc1ccccc1)C(=O)NC(C)(C)C. The lowest BCUT2D eigenvalue weighted by Crippen LogP contribution is -2.55. The fourth-order valence-corrected chi connectivity index (χ4v) is 3.73. The van der Waals surface area contributed by atoms with Gasteiger partial charge in [-0.05, 0) is 62.6 Å². The minimum atomic E-state index is -0.783. The number of hydrogen-bond donors (Lipinski definition) is 1. The number of halogens is 1. The Kier molecular flexibility index (Phi) is 8.63. The highest BCUT2D eigenvalue weighted by Gasteiger charge is 2.32. The van der Waals surface area contributed by atoms with Crippen molar-refractivity contribution in [2.45, 2.75) is 52.2 Å². The number of rotatable bonds is 9. The zero-order chi connectivity index (χ0) is 25.4. The number of hydrogen-bond acceptors (Lipinski definition) is 3. The number of amides is 2. The molecule has 184 valence electrons. The van der Waals surface area contributed by atoms with Crippen molar-refractivity contribution in [2.75, 3.05) is 6.61 Å². The van der Waals surface area contributed by atoms with Crippen LogP contribution in [0.1, 0.15) is 37.5 Å². The molecule has 0 aromatic heterocycles. The highest BCUT2D eigenvalue weighted by Crippen LogP contribution is 2.19. The molecule has 0 aliphatic carbocycles. The number of carbonyl (C=O) groups excluding carboxylic acids is 2. The maximum Gasteiger partial charge on any atom is 0.261 e. The zero-order valence-electron chi connectivity index (χ0n) is 20.8. The molecule has 0 heterocycles. The molecule has 0 spiro atoms. The number of benzene rings is 3. The average molecular weight is 477 g/mol. The molecule has 6 heteroatoms. The van der Waals surface area contributed by atoms with Crippen LogP contribution < -0.4 is 10.1 Å². The van der Waals surface area contributed by atoms with Crippen LogP contribution >= 0.6 is 0 Å². The van der Waals surface area contributed by atoms with Gasteiger partial charge < -0.3 is 15.0 Å². The molecule has 0 aliphatic heterocycles. The first-order valence-electron chi connectivity index (χ1n) is 11.7. The van der Waals surface area contributed by atoms with Crippen molar-refractivity contribution in [1.82, 2.24) is 10.2 Å². The first kappa shape index (κ1) is 25.9. The van der Waals surface area contributed by atoms with Crippen LogP contribution in [0.15, 0.2) is 78.9 Å². The number of carbonyl (C=O) groups is 2. The molecule has 1 atom stereocenters. The van der Waals surface area contributed by atoms with Crippen LogP contribution in [-0.2, 0) is 22.6 Å². The Hall–Kier alpha value is -3.67. The number of nitrogens with zero attached hydrogens (tertiary/aromatic N) is 1. The van der Waals surface area contributed by atoms with E-state index in [1.807, 2.05) is 76.2 Å². The maximum absolute atomic E-state index is 13.5. The highest BCUT2D eigenvalue weighted by atomic mass is 19.1. The van der Waals surface area contributed by atoms with Crippen molar-refractivity contribution in [1.29, 1.82) is 0 Å². The highest BCUT2D eigenvalue weighted by molar-refractivity contribution is 5.89. The van der Waals surface area contributed by atoms with E-state index in [0.717, 1.165) is 16.7 Å². The Balaban J connectivity index is 1.93. The Morgan fingerprint density at radius 1 is 0.914 bits per heavy atom. The molecule has 0 unspecified atom stereocenters. The Morgan fingerprint density at radius 2 is 1.54 bits per heavy atom. The summed E-state index contributed by atoms with van der Waals surface area (Å²) >= 11 is 0. The first-order chi connectivity index (χ1) is 16.6. The van der Waals surface area contributed by atoms with E-state index in [-0.39, 0.29) is 30.8 Å². The predicted octanol–water partition coefficient (Wildman–Crippen LogP) is 5.07. The first-order valence-corrected chi connectivity index (χ1v) is 11.7. The summed E-state index contributed by atoms with van der Waals surface area (Å²) in [6.07, 6.45) is 0.333. The molecule has 3 aromatic carbocycles. The van der Waals surface area contributed by atoms with E-state index >= 15 is 0 Å². The topological polar surface area (TPSA) is 58.6 Å². The van der Waals surface area contributed by atoms with Gasteiger partial charge in [-0.3, -0.25) is 9.59 Å². The van der Waals surface area contributed by atoms with E-state index in [9.17, 15) is 14.0 Å². The van der Waals surface area contributed by atoms with E-state index < -0.39 is 11.6 Å². The second-order valence-corrected chi connectivity index (χ2v) is 9.65. The van der Waals surface area contributed by atoms with Gasteiger partial charge in [0.2, 0.25) is 5.91 Å². The summed E-state index contributed by atoms with van der Waals surface area (Å²) in [6.45, 7) is 7.53. The Bertz CT molecular complexity index is 1120. The Labute approximate surface area is 206 Å². The summed E-state index contributed by atoms with van der Waals surface area (Å²) in [5, 5.41) is 3.02. The lowest BCUT2D eigenvalue weighted by atomic mass is 10.0. The normalized spacial score (nSPS) is 12.0. The van der Waals surface area contributed by atoms with Crippen LogP contribution in [-0.4, -0.2) is 34.9 Å². The van der Waals surface area contributed by atoms with Crippen LogP contribution in [0.3, 0.4) is 0 Å². The summed E-state index contributed by atoms with van der Waals surface area (Å²) < 4.78 is 19.4. The lowest BCUT2D eigenvalue weighted by Gasteiger charge is -2.33. The van der Waals surface area contributed by atoms with E-state index in [0.29, 0.717) is 12.2 Å². The molecule has 0 bridgehead atoms. The van der Waals surface area contributed by atoms with Gasteiger partial charge >= 0.3 is 0 Å². The van der Waals surface area contributed by atoms with Gasteiger partial charge in [-0.1, -0.05) is 60.7 Å². The molecular formula is C29H33FN2O3. The van der Waals surface area contributed by atoms with Crippen molar-refractivity contribution < 1.29 is 18.7 Å². The maximum atomic E-state index is 13.5. The molecule has 0 aliphatic rings. The Morgan fingerprint density at radius 3 is 2.17 bits per heavy atom. The number of ether oxygens (including phenoxy) is 1. The predicted molar refractivity (Wildman–Crippen MR) is 135 cm³/mol. The fourth-order valence-electron chi connectivity index (χ4n) is 3.73. The molecule has 2 amide bonds. The molecular weight excluding hydrogens is 443 g/mol. The van der Waals surface area contributed by atoms with Crippen LogP contribution in [0.25, 0.3) is 0 Å². The van der Waals surface area contributed by atoms with Crippen LogP contribution in [0, 0.1) is 12.7 Å². The average Bonchev–Trinajstić information content (AvgIpc) is 2.81. The van der Waals surface area contributed by atoms with Gasteiger partial charge in [0, 0.05) is 18.5 Å². The van der Waals surface area contributed by atoms with E-state index in [4.69, 9.17) is 4.74 Å². The third kappa shape index (κ3) is 7.95. The third-order valence-electron chi connectivity index (χ3n) is 5.48. The van der Waals surface area contributed by atoms with Gasteiger partial charge in [0.25, 0.3) is 5.91 Å². The monoisotopic (exact) mass is 476 g/mol. The minimum absolute atomic E-state index is 0.144. The van der Waals surface area contributed by atoms with Gasteiger partial charge in [0.05, 0.1) is 0 Å². The standard InChI is InChI=1S/C29H33FN2O3/c1-21-10-8-9-13-26(21)35-20-27(33)32(19-23-14-16-24(30)17-15-23)25(28(34)31-29(2,3)4)18-22-11-6-5-7-12-22/h5-17,25H,18-20H2,1-4H3,(H,31,34)/t25-/m1/s1. The van der Waals surface area contributed by atoms with Gasteiger partial charge in [-0.25, -0.2) is 4.39 Å². The van der Waals surface area contributed by atoms with Crippen molar-refractivity contribution in [2.24, 2.45) is 0 Å². The van der Waals surface area contributed by atoms with E-state index in [1.165, 1.54) is 17.0 Å². The molecule has 35 heavy (non-hydrogen) atoms. The van der Waals surface area contributed by atoms with Gasteiger partial charge in [0.15, 0.2) is 6.61 Å². The lowest BCUT2D eigenvalue weighted by molar-refractivity contribution is -0.143. The smallest absolute Gasteiger partial charge is 0.261 e. The number of para-hydroxylation sites is 1. The third-order valence-corrected chi connectivity index (χ3v) is 5.48. The fraction of sp³-hybridized carbons (Fsp3) is 0.310. The number of aryl methyl sites for hydroxylation is 1. The summed E-state index contributed by atoms with van der Waals surface area (Å²) in [5.41, 5.74) is 2.08. The summed E-state index contributed by atoms with van der Waals surface area (Å²) in [4.78, 5) is 28.6. The van der Waals surface area contributed by atoms with Crippen molar-refractivity contribution in [3.8, 4) is 5.75 Å². The van der Waals surface area contributed by atoms with Gasteiger partial charge in [-0.2, -0.15) is 0 Å². The van der Waals surface area contributed by atoms with E-state index in [1.54, 1.807) is 18.2 Å². The molecule has 3 rings (SSSR count).